The number of allylic oxidation sites excluding steroid dienone is 3. The Hall–Kier alpha value is -4.21. The van der Waals surface area contributed by atoms with Crippen molar-refractivity contribution in [2.45, 2.75) is 65.5 Å². The third-order valence-corrected chi connectivity index (χ3v) is 6.56. The van der Waals surface area contributed by atoms with Crippen LogP contribution >= 0.6 is 0 Å². The summed E-state index contributed by atoms with van der Waals surface area (Å²) in [5, 5.41) is 0. The van der Waals surface area contributed by atoms with Crippen LogP contribution < -0.4 is 21.9 Å². The van der Waals surface area contributed by atoms with Crippen LogP contribution in [0.5, 0.6) is 5.75 Å². The molecule has 1 aromatic carbocycles. The molecule has 1 fully saturated rings. The van der Waals surface area contributed by atoms with E-state index in [4.69, 9.17) is 26.9 Å². The van der Waals surface area contributed by atoms with Crippen LogP contribution in [0.25, 0.3) is 5.70 Å². The molecule has 9 nitrogen and oxygen atoms in total. The van der Waals surface area contributed by atoms with Gasteiger partial charge in [-0.05, 0) is 62.9 Å². The molecular formula is C31H44FN7O2. The van der Waals surface area contributed by atoms with Crippen molar-refractivity contribution < 1.29 is 13.9 Å². The van der Waals surface area contributed by atoms with Crippen LogP contribution in [0.3, 0.4) is 0 Å². The standard InChI is InChI=1S/C26H31FN6O.C3H7NO.C2H6/c1-14(28)21-9-16(12-31-3)24(29)20-8-7-18(27)11-22(20)15(2)34-23-10-17(13-32-26(23)30)25(21)33-19-5-4-6-19;1-4(2)3-5;1-2/h7-8,10-13,15,19H,4-6,9,28-29H2,1-3H3,(H2,30,32);3H,1-2H3;1-2H3/b21-14-,24-16-,31-12?,33-25?;;/t15-;;/m1../s1. The number of hydrogen-bond donors (Lipinski definition) is 3. The highest BCUT2D eigenvalue weighted by molar-refractivity contribution is 6.14. The summed E-state index contributed by atoms with van der Waals surface area (Å²) >= 11 is 0. The van der Waals surface area contributed by atoms with Crippen LogP contribution in [0.2, 0.25) is 0 Å². The van der Waals surface area contributed by atoms with Gasteiger partial charge in [0, 0.05) is 73.6 Å². The third-order valence-electron chi connectivity index (χ3n) is 6.56. The largest absolute Gasteiger partial charge is 0.482 e. The zero-order valence-electron chi connectivity index (χ0n) is 25.2. The van der Waals surface area contributed by atoms with E-state index in [9.17, 15) is 9.18 Å². The number of benzene rings is 1. The quantitative estimate of drug-likeness (QED) is 0.352. The SMILES string of the molecule is CC.CN(C)C=O.CN=C/C1=C(\N)c2ccc(F)cc2[C@@H](C)Oc2cc(cnc2N)C(=NC2CCC2)/C(=C(/C)N)C1. The number of fused-ring (bicyclic) bond motifs is 3. The van der Waals surface area contributed by atoms with Gasteiger partial charge in [0.05, 0.1) is 11.8 Å². The molecule has 0 radical (unpaired) electrons. The normalized spacial score (nSPS) is 21.0. The fourth-order valence-corrected chi connectivity index (χ4v) is 4.21. The second kappa shape index (κ2) is 15.5. The molecule has 6 N–H and O–H groups in total. The molecule has 2 bridgehead atoms. The Morgan fingerprint density at radius 3 is 2.39 bits per heavy atom. The number of nitrogens with two attached hydrogens (primary N) is 3. The molecule has 10 heteroatoms. The van der Waals surface area contributed by atoms with Crippen molar-refractivity contribution in [3.63, 3.8) is 0 Å². The Morgan fingerprint density at radius 2 is 1.85 bits per heavy atom. The fourth-order valence-electron chi connectivity index (χ4n) is 4.21. The van der Waals surface area contributed by atoms with Gasteiger partial charge in [-0.2, -0.15) is 0 Å². The maximum atomic E-state index is 14.3. The Labute approximate surface area is 243 Å². The maximum absolute atomic E-state index is 14.3. The first-order valence-corrected chi connectivity index (χ1v) is 13.8. The second-order valence-electron chi connectivity index (χ2n) is 9.90. The molecule has 1 amide bonds. The summed E-state index contributed by atoms with van der Waals surface area (Å²) in [7, 11) is 5.06. The van der Waals surface area contributed by atoms with Gasteiger partial charge in [0.25, 0.3) is 0 Å². The van der Waals surface area contributed by atoms with Crippen molar-refractivity contribution in [1.82, 2.24) is 9.88 Å². The van der Waals surface area contributed by atoms with E-state index in [0.29, 0.717) is 34.7 Å². The lowest BCUT2D eigenvalue weighted by Crippen LogP contribution is -2.22. The van der Waals surface area contributed by atoms with Crippen molar-refractivity contribution in [3.05, 3.63) is 69.8 Å². The van der Waals surface area contributed by atoms with Gasteiger partial charge in [-0.15, -0.1) is 0 Å². The van der Waals surface area contributed by atoms with Crippen LogP contribution in [-0.2, 0) is 4.79 Å². The molecule has 0 saturated heterocycles. The van der Waals surface area contributed by atoms with Gasteiger partial charge in [0.15, 0.2) is 11.6 Å². The lowest BCUT2D eigenvalue weighted by Gasteiger charge is -2.26. The minimum atomic E-state index is -0.541. The van der Waals surface area contributed by atoms with E-state index in [0.717, 1.165) is 48.1 Å². The number of halogens is 1. The molecule has 222 valence electrons. The van der Waals surface area contributed by atoms with E-state index in [1.165, 1.54) is 17.0 Å². The van der Waals surface area contributed by atoms with Gasteiger partial charge in [0.2, 0.25) is 6.41 Å². The van der Waals surface area contributed by atoms with E-state index >= 15 is 0 Å². The number of hydrogen-bond acceptors (Lipinski definition) is 8. The molecule has 1 aliphatic heterocycles. The summed E-state index contributed by atoms with van der Waals surface area (Å²) in [4.78, 5) is 24.5. The van der Waals surface area contributed by atoms with Crippen LogP contribution in [0.1, 0.15) is 76.2 Å². The van der Waals surface area contributed by atoms with E-state index < -0.39 is 6.10 Å². The first-order chi connectivity index (χ1) is 19.5. The minimum absolute atomic E-state index is 0.228. The van der Waals surface area contributed by atoms with Crippen molar-refractivity contribution in [1.29, 1.82) is 0 Å². The average Bonchev–Trinajstić information content (AvgIpc) is 2.92. The second-order valence-corrected chi connectivity index (χ2v) is 9.90. The molecule has 1 atom stereocenters. The Bertz CT molecular complexity index is 1320. The van der Waals surface area contributed by atoms with E-state index in [-0.39, 0.29) is 17.7 Å². The van der Waals surface area contributed by atoms with Gasteiger partial charge < -0.3 is 26.8 Å². The molecule has 2 heterocycles. The number of anilines is 1. The first kappa shape index (κ1) is 33.0. The monoisotopic (exact) mass is 565 g/mol. The number of nitrogen functional groups attached to an aromatic ring is 1. The molecule has 1 aliphatic carbocycles. The number of ether oxygens (including phenoxy) is 1. The smallest absolute Gasteiger partial charge is 0.209 e. The molecule has 4 rings (SSSR count). The predicted molar refractivity (Wildman–Crippen MR) is 166 cm³/mol. The van der Waals surface area contributed by atoms with E-state index in [1.807, 2.05) is 33.8 Å². The fraction of sp³-hybridized carbons (Fsp3) is 0.419. The van der Waals surface area contributed by atoms with Gasteiger partial charge in [-0.3, -0.25) is 14.8 Å². The maximum Gasteiger partial charge on any atom is 0.209 e. The number of rotatable bonds is 3. The first-order valence-electron chi connectivity index (χ1n) is 13.8. The summed E-state index contributed by atoms with van der Waals surface area (Å²) in [6.07, 6.45) is 7.24. The molecule has 2 aliphatic rings. The number of carbonyl (C=O) groups is 1. The van der Waals surface area contributed by atoms with Gasteiger partial charge in [0.1, 0.15) is 11.9 Å². The number of pyridine rings is 1. The molecule has 1 saturated carbocycles. The number of aromatic nitrogens is 1. The van der Waals surface area contributed by atoms with Crippen molar-refractivity contribution in [3.8, 4) is 5.75 Å². The highest BCUT2D eigenvalue weighted by Crippen LogP contribution is 2.35. The molecule has 0 spiro atoms. The Balaban J connectivity index is 0.000000759. The van der Waals surface area contributed by atoms with E-state index in [1.54, 1.807) is 39.6 Å². The van der Waals surface area contributed by atoms with Crippen molar-refractivity contribution in [2.24, 2.45) is 21.5 Å². The van der Waals surface area contributed by atoms with Crippen molar-refractivity contribution in [2.75, 3.05) is 26.9 Å². The summed E-state index contributed by atoms with van der Waals surface area (Å²) in [5.41, 5.74) is 24.7. The number of nitrogens with zero attached hydrogens (tertiary/aromatic N) is 4. The summed E-state index contributed by atoms with van der Waals surface area (Å²) in [5.74, 6) is 0.257. The van der Waals surface area contributed by atoms with E-state index in [2.05, 4.69) is 9.98 Å². The topological polar surface area (TPSA) is 145 Å². The number of carbonyl (C=O) groups excluding carboxylic acids is 1. The zero-order valence-corrected chi connectivity index (χ0v) is 25.2. The Kier molecular flexibility index (Phi) is 12.5. The lowest BCUT2D eigenvalue weighted by molar-refractivity contribution is -0.115. The van der Waals surface area contributed by atoms with Crippen LogP contribution in [0.15, 0.2) is 57.3 Å². The van der Waals surface area contributed by atoms with Crippen LogP contribution in [0.4, 0.5) is 10.2 Å². The van der Waals surface area contributed by atoms with Gasteiger partial charge in [-0.1, -0.05) is 13.8 Å². The minimum Gasteiger partial charge on any atom is -0.482 e. The molecule has 41 heavy (non-hydrogen) atoms. The molecular weight excluding hydrogens is 521 g/mol. The third kappa shape index (κ3) is 8.64. The van der Waals surface area contributed by atoms with Gasteiger partial charge >= 0.3 is 0 Å². The zero-order chi connectivity index (χ0) is 30.7. The summed E-state index contributed by atoms with van der Waals surface area (Å²) < 4.78 is 20.5. The molecule has 2 aromatic rings. The average molecular weight is 566 g/mol. The lowest BCUT2D eigenvalue weighted by atomic mass is 9.89. The predicted octanol–water partition coefficient (Wildman–Crippen LogP) is 5.02. The molecule has 1 aromatic heterocycles. The highest BCUT2D eigenvalue weighted by atomic mass is 19.1. The van der Waals surface area contributed by atoms with Crippen LogP contribution in [0, 0.1) is 5.82 Å². The highest BCUT2D eigenvalue weighted by Gasteiger charge is 2.25. The van der Waals surface area contributed by atoms with Crippen LogP contribution in [-0.4, -0.2) is 55.4 Å². The Morgan fingerprint density at radius 1 is 1.20 bits per heavy atom. The van der Waals surface area contributed by atoms with Crippen molar-refractivity contribution >= 4 is 29.9 Å². The summed E-state index contributed by atoms with van der Waals surface area (Å²) in [6.45, 7) is 7.68. The number of amides is 1. The summed E-state index contributed by atoms with van der Waals surface area (Å²) in [6, 6.07) is 6.54. The molecule has 0 unspecified atom stereocenters. The van der Waals surface area contributed by atoms with Gasteiger partial charge in [-0.25, -0.2) is 9.37 Å². The number of aliphatic imine (C=N–C) groups is 2.